The van der Waals surface area contributed by atoms with Gasteiger partial charge in [-0.3, -0.25) is 10.1 Å². The Morgan fingerprint density at radius 1 is 1.44 bits per heavy atom. The maximum atomic E-state index is 14.1. The van der Waals surface area contributed by atoms with E-state index in [1.807, 2.05) is 11.8 Å². The number of benzene rings is 1. The third-order valence-corrected chi connectivity index (χ3v) is 5.38. The van der Waals surface area contributed by atoms with Crippen LogP contribution in [-0.2, 0) is 6.42 Å². The lowest BCUT2D eigenvalue weighted by Crippen LogP contribution is -2.33. The van der Waals surface area contributed by atoms with Crippen molar-refractivity contribution in [2.24, 2.45) is 0 Å². The third-order valence-electron chi connectivity index (χ3n) is 5.38. The summed E-state index contributed by atoms with van der Waals surface area (Å²) in [5.74, 6) is 0.553. The molecule has 2 aromatic heterocycles. The predicted molar refractivity (Wildman–Crippen MR) is 112 cm³/mol. The van der Waals surface area contributed by atoms with Crippen LogP contribution in [-0.4, -0.2) is 49.9 Å². The Morgan fingerprint density at radius 3 is 2.94 bits per heavy atom. The minimum Gasteiger partial charge on any atom is -0.489 e. The van der Waals surface area contributed by atoms with Crippen LogP contribution in [0.3, 0.4) is 0 Å². The smallest absolute Gasteiger partial charge is 0.404 e. The molecule has 0 spiro atoms. The highest BCUT2D eigenvalue weighted by Crippen LogP contribution is 2.38. The topological polar surface area (TPSA) is 135 Å². The van der Waals surface area contributed by atoms with Crippen molar-refractivity contribution in [2.45, 2.75) is 32.4 Å². The van der Waals surface area contributed by atoms with Crippen molar-refractivity contribution in [3.05, 3.63) is 57.7 Å². The Kier molecular flexibility index (Phi) is 5.51. The van der Waals surface area contributed by atoms with E-state index in [0.717, 1.165) is 11.8 Å². The number of hydrogen-bond donors (Lipinski definition) is 2. The van der Waals surface area contributed by atoms with E-state index in [1.54, 1.807) is 13.1 Å². The summed E-state index contributed by atoms with van der Waals surface area (Å²) < 4.78 is 21.4. The van der Waals surface area contributed by atoms with E-state index < -0.39 is 22.9 Å². The number of halogens is 1. The average molecular weight is 444 g/mol. The monoisotopic (exact) mass is 444 g/mol. The minimum atomic E-state index is -1.16. The molecule has 0 fully saturated rings. The Labute approximate surface area is 181 Å². The Bertz CT molecular complexity index is 1200. The van der Waals surface area contributed by atoms with Crippen molar-refractivity contribution >= 4 is 23.2 Å². The number of fused-ring (bicyclic) bond motifs is 2. The summed E-state index contributed by atoms with van der Waals surface area (Å²) in [5.41, 5.74) is 1.38. The first kappa shape index (κ1) is 21.3. The number of nitro groups is 1. The second kappa shape index (κ2) is 8.29. The molecule has 0 aliphatic carbocycles. The predicted octanol–water partition coefficient (Wildman–Crippen LogP) is 2.94. The van der Waals surface area contributed by atoms with E-state index in [0.29, 0.717) is 30.1 Å². The number of ether oxygens (including phenoxy) is 1. The lowest BCUT2D eigenvalue weighted by Gasteiger charge is -2.29. The maximum Gasteiger partial charge on any atom is 0.404 e. The van der Waals surface area contributed by atoms with Crippen molar-refractivity contribution in [3.8, 4) is 5.75 Å². The van der Waals surface area contributed by atoms with Crippen molar-refractivity contribution < 1.29 is 24.0 Å². The molecule has 32 heavy (non-hydrogen) atoms. The second-order valence-electron chi connectivity index (χ2n) is 7.56. The summed E-state index contributed by atoms with van der Waals surface area (Å²) in [6.45, 7) is 4.22. The van der Waals surface area contributed by atoms with Gasteiger partial charge in [0.2, 0.25) is 5.65 Å². The molecule has 11 nitrogen and oxygen atoms in total. The fourth-order valence-corrected chi connectivity index (χ4v) is 3.82. The average Bonchev–Trinajstić information content (AvgIpc) is 3.35. The molecule has 1 amide bonds. The highest BCUT2D eigenvalue weighted by molar-refractivity contribution is 5.65. The van der Waals surface area contributed by atoms with Crippen LogP contribution in [0.25, 0.3) is 5.65 Å². The van der Waals surface area contributed by atoms with Crippen LogP contribution in [0.1, 0.15) is 31.0 Å². The van der Waals surface area contributed by atoms with E-state index in [-0.39, 0.29) is 23.9 Å². The first-order valence-corrected chi connectivity index (χ1v) is 9.95. The normalized spacial score (nSPS) is 14.8. The number of anilines is 1. The van der Waals surface area contributed by atoms with Crippen LogP contribution in [0.15, 0.2) is 30.6 Å². The zero-order chi connectivity index (χ0) is 23.0. The summed E-state index contributed by atoms with van der Waals surface area (Å²) in [5, 5.41) is 26.3. The van der Waals surface area contributed by atoms with E-state index >= 15 is 0 Å². The zero-order valence-electron chi connectivity index (χ0n) is 17.4. The maximum absolute atomic E-state index is 14.1. The molecule has 2 atom stereocenters. The highest BCUT2D eigenvalue weighted by Gasteiger charge is 2.30. The van der Waals surface area contributed by atoms with E-state index in [1.165, 1.54) is 22.7 Å². The fraction of sp³-hybridized carbons (Fsp3) is 0.350. The molecule has 0 radical (unpaired) electrons. The quantitative estimate of drug-likeness (QED) is 0.419. The number of carbonyl (C=O) groups is 1. The van der Waals surface area contributed by atoms with Gasteiger partial charge in [-0.1, -0.05) is 0 Å². The summed E-state index contributed by atoms with van der Waals surface area (Å²) in [7, 11) is 0. The lowest BCUT2D eigenvalue weighted by molar-refractivity contribution is -0.383. The van der Waals surface area contributed by atoms with Crippen LogP contribution >= 0.6 is 0 Å². The van der Waals surface area contributed by atoms with Gasteiger partial charge in [-0.15, -0.1) is 0 Å². The largest absolute Gasteiger partial charge is 0.489 e. The molecule has 1 aliphatic rings. The van der Waals surface area contributed by atoms with Crippen molar-refractivity contribution in [1.82, 2.24) is 19.9 Å². The van der Waals surface area contributed by atoms with E-state index in [2.05, 4.69) is 15.4 Å². The molecule has 168 valence electrons. The Morgan fingerprint density at radius 2 is 2.22 bits per heavy atom. The van der Waals surface area contributed by atoms with Crippen LogP contribution in [0.4, 0.5) is 20.7 Å². The second-order valence-corrected chi connectivity index (χ2v) is 7.56. The van der Waals surface area contributed by atoms with Crippen molar-refractivity contribution in [3.63, 3.8) is 0 Å². The minimum absolute atomic E-state index is 0.0670. The number of hydrogen-bond acceptors (Lipinski definition) is 7. The third kappa shape index (κ3) is 3.98. The first-order chi connectivity index (χ1) is 15.2. The van der Waals surface area contributed by atoms with Gasteiger partial charge < -0.3 is 20.1 Å². The van der Waals surface area contributed by atoms with Gasteiger partial charge in [-0.25, -0.2) is 18.7 Å². The standard InChI is InChI=1S/C20H21FN6O5/c1-11(8-22-20(28)29)32-17-4-3-14(21)7-15(17)12(2)25-6-5-13-10-26-19(24-18(13)25)16(9-23-26)27(30)31/h3-4,7,9-12,22H,5-6,8H2,1-2H3,(H,28,29). The molecule has 3 heterocycles. The van der Waals surface area contributed by atoms with E-state index in [9.17, 15) is 19.3 Å². The SMILES string of the molecule is CC(CNC(=O)O)Oc1ccc(F)cc1C(C)N1CCc2cn3ncc([N+](=O)[O-])c3nc21. The summed E-state index contributed by atoms with van der Waals surface area (Å²) >= 11 is 0. The molecule has 2 N–H and O–H groups in total. The summed E-state index contributed by atoms with van der Waals surface area (Å²) in [6, 6.07) is 3.79. The molecule has 0 saturated carbocycles. The zero-order valence-corrected chi connectivity index (χ0v) is 17.4. The molecule has 1 aromatic carbocycles. The Hall–Kier alpha value is -3.96. The van der Waals surface area contributed by atoms with Gasteiger partial charge in [-0.2, -0.15) is 5.10 Å². The first-order valence-electron chi connectivity index (χ1n) is 9.95. The van der Waals surface area contributed by atoms with Gasteiger partial charge in [-0.05, 0) is 38.5 Å². The van der Waals surface area contributed by atoms with Crippen LogP contribution in [0.2, 0.25) is 0 Å². The van der Waals surface area contributed by atoms with Crippen molar-refractivity contribution in [1.29, 1.82) is 0 Å². The lowest BCUT2D eigenvalue weighted by atomic mass is 10.1. The fourth-order valence-electron chi connectivity index (χ4n) is 3.82. The summed E-state index contributed by atoms with van der Waals surface area (Å²) in [6.07, 6.45) is 1.89. The summed E-state index contributed by atoms with van der Waals surface area (Å²) in [4.78, 5) is 27.9. The number of amides is 1. The molecule has 3 aromatic rings. The molecular formula is C20H21FN6O5. The number of nitrogens with one attached hydrogen (secondary N) is 1. The van der Waals surface area contributed by atoms with Gasteiger partial charge in [0.25, 0.3) is 0 Å². The van der Waals surface area contributed by atoms with Crippen molar-refractivity contribution in [2.75, 3.05) is 18.0 Å². The van der Waals surface area contributed by atoms with Gasteiger partial charge in [0.1, 0.15) is 29.7 Å². The number of nitrogens with zero attached hydrogens (tertiary/aromatic N) is 5. The van der Waals surface area contributed by atoms with Crippen LogP contribution in [0, 0.1) is 15.9 Å². The molecule has 2 unspecified atom stereocenters. The van der Waals surface area contributed by atoms with Gasteiger partial charge in [0.05, 0.1) is 17.5 Å². The molecule has 4 rings (SSSR count). The Balaban J connectivity index is 1.66. The molecular weight excluding hydrogens is 423 g/mol. The molecule has 0 bridgehead atoms. The molecule has 12 heteroatoms. The highest BCUT2D eigenvalue weighted by atomic mass is 19.1. The van der Waals surface area contributed by atoms with Gasteiger partial charge >= 0.3 is 11.8 Å². The van der Waals surface area contributed by atoms with Crippen LogP contribution < -0.4 is 15.0 Å². The molecule has 1 aliphatic heterocycles. The van der Waals surface area contributed by atoms with Gasteiger partial charge in [0, 0.05) is 23.9 Å². The number of carboxylic acid groups (broad SMARTS) is 1. The van der Waals surface area contributed by atoms with Crippen LogP contribution in [0.5, 0.6) is 5.75 Å². The van der Waals surface area contributed by atoms with Gasteiger partial charge in [0.15, 0.2) is 0 Å². The number of aromatic nitrogens is 3. The number of rotatable bonds is 7. The molecule has 0 saturated heterocycles. The van der Waals surface area contributed by atoms with E-state index in [4.69, 9.17) is 9.84 Å².